The number of halogens is 1. The van der Waals surface area contributed by atoms with Gasteiger partial charge in [-0.25, -0.2) is 4.39 Å². The Bertz CT molecular complexity index is 912. The molecule has 1 aromatic heterocycles. The van der Waals surface area contributed by atoms with E-state index in [1.54, 1.807) is 6.07 Å². The van der Waals surface area contributed by atoms with E-state index in [-0.39, 0.29) is 11.7 Å². The minimum absolute atomic E-state index is 0.0227. The first kappa shape index (κ1) is 15.8. The first-order chi connectivity index (χ1) is 12.2. The Kier molecular flexibility index (Phi) is 4.22. The first-order valence-electron chi connectivity index (χ1n) is 8.73. The summed E-state index contributed by atoms with van der Waals surface area (Å²) in [7, 11) is 0. The number of hydrogen-bond donors (Lipinski definition) is 2. The summed E-state index contributed by atoms with van der Waals surface area (Å²) in [5, 5.41) is 11.0. The van der Waals surface area contributed by atoms with Crippen LogP contribution in [0.25, 0.3) is 22.0 Å². The highest BCUT2D eigenvalue weighted by Gasteiger charge is 2.19. The lowest BCUT2D eigenvalue weighted by atomic mass is 10.0. The molecule has 0 bridgehead atoms. The van der Waals surface area contributed by atoms with E-state index in [0.717, 1.165) is 34.9 Å². The average Bonchev–Trinajstić information content (AvgIpc) is 3.25. The number of aromatic amines is 1. The summed E-state index contributed by atoms with van der Waals surface area (Å²) < 4.78 is 13.4. The predicted octanol–water partition coefficient (Wildman–Crippen LogP) is 4.89. The van der Waals surface area contributed by atoms with E-state index in [1.165, 1.54) is 25.0 Å². The second-order valence-electron chi connectivity index (χ2n) is 6.75. The number of carbonyl (C=O) groups is 1. The molecule has 2 aromatic carbocycles. The molecule has 25 heavy (non-hydrogen) atoms. The standard InChI is InChI=1S/C20H20FN3O/c21-16-7-3-6-14(11-16)15-8-9-17-18(12-15)23-24-20(17)22-19(25)10-13-4-1-2-5-13/h3,6-9,11-13H,1-2,4-5,10H2,(H2,22,23,24,25). The summed E-state index contributed by atoms with van der Waals surface area (Å²) in [6, 6.07) is 12.2. The van der Waals surface area contributed by atoms with Crippen molar-refractivity contribution in [3.05, 3.63) is 48.3 Å². The summed E-state index contributed by atoms with van der Waals surface area (Å²) in [5.74, 6) is 0.824. The van der Waals surface area contributed by atoms with E-state index in [1.807, 2.05) is 24.3 Å². The van der Waals surface area contributed by atoms with Crippen LogP contribution in [0.4, 0.5) is 10.2 Å². The number of nitrogens with one attached hydrogen (secondary N) is 2. The monoisotopic (exact) mass is 337 g/mol. The molecule has 1 saturated carbocycles. The minimum atomic E-state index is -0.262. The quantitative estimate of drug-likeness (QED) is 0.712. The summed E-state index contributed by atoms with van der Waals surface area (Å²) in [6.45, 7) is 0. The summed E-state index contributed by atoms with van der Waals surface area (Å²) in [6.07, 6.45) is 5.31. The minimum Gasteiger partial charge on any atom is -0.309 e. The fourth-order valence-electron chi connectivity index (χ4n) is 3.62. The lowest BCUT2D eigenvalue weighted by Crippen LogP contribution is -2.15. The zero-order valence-electron chi connectivity index (χ0n) is 13.9. The second kappa shape index (κ2) is 6.67. The third-order valence-electron chi connectivity index (χ3n) is 4.93. The summed E-state index contributed by atoms with van der Waals surface area (Å²) in [4.78, 5) is 12.2. The second-order valence-corrected chi connectivity index (χ2v) is 6.75. The van der Waals surface area contributed by atoms with Crippen molar-refractivity contribution in [2.75, 3.05) is 5.32 Å². The number of hydrogen-bond acceptors (Lipinski definition) is 2. The molecule has 3 aromatic rings. The molecule has 4 nitrogen and oxygen atoms in total. The highest BCUT2D eigenvalue weighted by molar-refractivity contribution is 6.00. The Morgan fingerprint density at radius 3 is 2.76 bits per heavy atom. The van der Waals surface area contributed by atoms with Crippen molar-refractivity contribution in [1.29, 1.82) is 0 Å². The predicted molar refractivity (Wildman–Crippen MR) is 96.7 cm³/mol. The van der Waals surface area contributed by atoms with Crippen LogP contribution in [0.15, 0.2) is 42.5 Å². The summed E-state index contributed by atoms with van der Waals surface area (Å²) >= 11 is 0. The van der Waals surface area contributed by atoms with Gasteiger partial charge in [0.1, 0.15) is 5.82 Å². The van der Waals surface area contributed by atoms with E-state index in [9.17, 15) is 9.18 Å². The summed E-state index contributed by atoms with van der Waals surface area (Å²) in [5.41, 5.74) is 2.53. The number of amides is 1. The maximum atomic E-state index is 13.4. The number of anilines is 1. The zero-order chi connectivity index (χ0) is 17.2. The Labute approximate surface area is 145 Å². The zero-order valence-corrected chi connectivity index (χ0v) is 13.9. The fraction of sp³-hybridized carbons (Fsp3) is 0.300. The van der Waals surface area contributed by atoms with Gasteiger partial charge >= 0.3 is 0 Å². The van der Waals surface area contributed by atoms with Gasteiger partial charge in [0.05, 0.1) is 5.52 Å². The molecular formula is C20H20FN3O. The number of nitrogens with zero attached hydrogens (tertiary/aromatic N) is 1. The molecule has 5 heteroatoms. The van der Waals surface area contributed by atoms with Crippen LogP contribution in [0, 0.1) is 11.7 Å². The van der Waals surface area contributed by atoms with Gasteiger partial charge in [-0.3, -0.25) is 9.89 Å². The lowest BCUT2D eigenvalue weighted by Gasteiger charge is -2.08. The third kappa shape index (κ3) is 3.40. The Morgan fingerprint density at radius 2 is 1.96 bits per heavy atom. The third-order valence-corrected chi connectivity index (χ3v) is 4.93. The van der Waals surface area contributed by atoms with E-state index >= 15 is 0 Å². The lowest BCUT2D eigenvalue weighted by molar-refractivity contribution is -0.117. The topological polar surface area (TPSA) is 57.8 Å². The van der Waals surface area contributed by atoms with Crippen LogP contribution < -0.4 is 5.32 Å². The van der Waals surface area contributed by atoms with Crippen molar-refractivity contribution in [2.45, 2.75) is 32.1 Å². The van der Waals surface area contributed by atoms with Gasteiger partial charge in [0.15, 0.2) is 5.82 Å². The number of H-pyrrole nitrogens is 1. The molecule has 0 saturated heterocycles. The molecule has 0 unspecified atom stereocenters. The highest BCUT2D eigenvalue weighted by Crippen LogP contribution is 2.29. The van der Waals surface area contributed by atoms with Crippen molar-refractivity contribution in [3.8, 4) is 11.1 Å². The molecule has 0 aliphatic heterocycles. The molecule has 1 aliphatic carbocycles. The molecule has 0 atom stereocenters. The largest absolute Gasteiger partial charge is 0.309 e. The van der Waals surface area contributed by atoms with Crippen LogP contribution in [0.1, 0.15) is 32.1 Å². The maximum Gasteiger partial charge on any atom is 0.225 e. The number of aromatic nitrogens is 2. The molecule has 0 spiro atoms. The average molecular weight is 337 g/mol. The van der Waals surface area contributed by atoms with E-state index in [2.05, 4.69) is 15.5 Å². The number of benzene rings is 2. The van der Waals surface area contributed by atoms with Crippen LogP contribution in [-0.2, 0) is 4.79 Å². The fourth-order valence-corrected chi connectivity index (χ4v) is 3.62. The molecular weight excluding hydrogens is 317 g/mol. The van der Waals surface area contributed by atoms with E-state index in [0.29, 0.717) is 18.2 Å². The number of rotatable bonds is 4. The molecule has 1 heterocycles. The Hall–Kier alpha value is -2.69. The van der Waals surface area contributed by atoms with Crippen LogP contribution in [0.3, 0.4) is 0 Å². The maximum absolute atomic E-state index is 13.4. The van der Waals surface area contributed by atoms with Crippen LogP contribution >= 0.6 is 0 Å². The van der Waals surface area contributed by atoms with Crippen molar-refractivity contribution in [3.63, 3.8) is 0 Å². The van der Waals surface area contributed by atoms with Crippen molar-refractivity contribution in [1.82, 2.24) is 10.2 Å². The molecule has 1 fully saturated rings. The van der Waals surface area contributed by atoms with Gasteiger partial charge in [-0.05, 0) is 54.2 Å². The van der Waals surface area contributed by atoms with Crippen molar-refractivity contribution < 1.29 is 9.18 Å². The molecule has 1 aliphatic rings. The van der Waals surface area contributed by atoms with Gasteiger partial charge in [-0.15, -0.1) is 0 Å². The smallest absolute Gasteiger partial charge is 0.225 e. The van der Waals surface area contributed by atoms with E-state index in [4.69, 9.17) is 0 Å². The van der Waals surface area contributed by atoms with E-state index < -0.39 is 0 Å². The van der Waals surface area contributed by atoms with Crippen LogP contribution in [-0.4, -0.2) is 16.1 Å². The molecule has 1 amide bonds. The Morgan fingerprint density at radius 1 is 1.16 bits per heavy atom. The first-order valence-corrected chi connectivity index (χ1v) is 8.73. The van der Waals surface area contributed by atoms with Crippen molar-refractivity contribution >= 4 is 22.6 Å². The molecule has 128 valence electrons. The number of fused-ring (bicyclic) bond motifs is 1. The molecule has 4 rings (SSSR count). The van der Waals surface area contributed by atoms with Gasteiger partial charge < -0.3 is 5.32 Å². The SMILES string of the molecule is O=C(CC1CCCC1)Nc1n[nH]c2cc(-c3cccc(F)c3)ccc12. The van der Waals surface area contributed by atoms with Gasteiger partial charge in [-0.1, -0.05) is 31.0 Å². The van der Waals surface area contributed by atoms with Gasteiger partial charge in [0.25, 0.3) is 0 Å². The van der Waals surface area contributed by atoms with Gasteiger partial charge in [0, 0.05) is 11.8 Å². The molecule has 0 radical (unpaired) electrons. The normalized spacial score (nSPS) is 14.9. The van der Waals surface area contributed by atoms with Gasteiger partial charge in [0.2, 0.25) is 5.91 Å². The number of carbonyl (C=O) groups excluding carboxylic acids is 1. The highest BCUT2D eigenvalue weighted by atomic mass is 19.1. The molecule has 2 N–H and O–H groups in total. The van der Waals surface area contributed by atoms with Crippen molar-refractivity contribution in [2.24, 2.45) is 5.92 Å². The van der Waals surface area contributed by atoms with Crippen LogP contribution in [0.2, 0.25) is 0 Å². The Balaban J connectivity index is 1.54. The van der Waals surface area contributed by atoms with Gasteiger partial charge in [-0.2, -0.15) is 5.10 Å². The van der Waals surface area contributed by atoms with Crippen LogP contribution in [0.5, 0.6) is 0 Å².